The van der Waals surface area contributed by atoms with Gasteiger partial charge in [0.15, 0.2) is 0 Å². The summed E-state index contributed by atoms with van der Waals surface area (Å²) in [6.07, 6.45) is -0.232. The highest BCUT2D eigenvalue weighted by atomic mass is 32.2. The number of halogens is 1. The molecule has 0 N–H and O–H groups in total. The van der Waals surface area contributed by atoms with Crippen molar-refractivity contribution in [1.82, 2.24) is 4.31 Å². The molecule has 0 amide bonds. The Kier molecular flexibility index (Phi) is 5.45. The third-order valence-corrected chi connectivity index (χ3v) is 6.03. The van der Waals surface area contributed by atoms with E-state index in [0.717, 1.165) is 0 Å². The van der Waals surface area contributed by atoms with E-state index in [9.17, 15) is 12.8 Å². The van der Waals surface area contributed by atoms with E-state index in [2.05, 4.69) is 0 Å². The smallest absolute Gasteiger partial charge is 0.247 e. The number of ether oxygens (including phenoxy) is 3. The largest absolute Gasteiger partial charge is 0.497 e. The first-order valence-corrected chi connectivity index (χ1v) is 9.46. The van der Waals surface area contributed by atoms with Gasteiger partial charge in [-0.05, 0) is 29.8 Å². The molecule has 0 atom stereocenters. The third kappa shape index (κ3) is 3.82. The summed E-state index contributed by atoms with van der Waals surface area (Å²) in [7, 11) is -0.823. The lowest BCUT2D eigenvalue weighted by Crippen LogP contribution is -2.54. The maximum atomic E-state index is 13.2. The predicted molar refractivity (Wildman–Crippen MR) is 93.3 cm³/mol. The van der Waals surface area contributed by atoms with Crippen LogP contribution in [0.2, 0.25) is 0 Å². The standard InChI is InChI=1S/C18H20FNO5S/c1-23-15-6-7-17(24-2)18(9-15)26(21,22)20-10-16(11-20)25-12-13-4-3-5-14(19)8-13/h3-9,16H,10-12H2,1-2H3. The lowest BCUT2D eigenvalue weighted by atomic mass is 10.2. The van der Waals surface area contributed by atoms with Crippen LogP contribution < -0.4 is 9.47 Å². The fourth-order valence-corrected chi connectivity index (χ4v) is 4.34. The van der Waals surface area contributed by atoms with Gasteiger partial charge in [0, 0.05) is 19.2 Å². The second kappa shape index (κ2) is 7.61. The fraction of sp³-hybridized carbons (Fsp3) is 0.333. The minimum Gasteiger partial charge on any atom is -0.497 e. The topological polar surface area (TPSA) is 65.1 Å². The van der Waals surface area contributed by atoms with Gasteiger partial charge in [0.05, 0.1) is 26.9 Å². The summed E-state index contributed by atoms with van der Waals surface area (Å²) >= 11 is 0. The van der Waals surface area contributed by atoms with Crippen LogP contribution in [0.25, 0.3) is 0 Å². The summed E-state index contributed by atoms with van der Waals surface area (Å²) in [5, 5.41) is 0. The van der Waals surface area contributed by atoms with Gasteiger partial charge in [0.25, 0.3) is 0 Å². The first-order chi connectivity index (χ1) is 12.4. The summed E-state index contributed by atoms with van der Waals surface area (Å²) in [5.74, 6) is 0.368. The van der Waals surface area contributed by atoms with E-state index in [0.29, 0.717) is 11.3 Å². The zero-order valence-corrected chi connectivity index (χ0v) is 15.3. The van der Waals surface area contributed by atoms with Crippen LogP contribution in [0.4, 0.5) is 4.39 Å². The van der Waals surface area contributed by atoms with E-state index in [4.69, 9.17) is 14.2 Å². The minimum atomic E-state index is -3.71. The molecule has 0 spiro atoms. The van der Waals surface area contributed by atoms with Gasteiger partial charge in [-0.3, -0.25) is 0 Å². The molecule has 1 aliphatic heterocycles. The number of rotatable bonds is 7. The molecule has 6 nitrogen and oxygen atoms in total. The van der Waals surface area contributed by atoms with E-state index in [1.54, 1.807) is 24.3 Å². The number of benzene rings is 2. The molecule has 8 heteroatoms. The number of sulfonamides is 1. The molecule has 1 aliphatic rings. The fourth-order valence-electron chi connectivity index (χ4n) is 2.67. The first kappa shape index (κ1) is 18.6. The summed E-state index contributed by atoms with van der Waals surface area (Å²) in [5.41, 5.74) is 0.709. The van der Waals surface area contributed by atoms with Crippen molar-refractivity contribution < 1.29 is 27.0 Å². The molecule has 3 rings (SSSR count). The highest BCUT2D eigenvalue weighted by Crippen LogP contribution is 2.33. The zero-order chi connectivity index (χ0) is 18.7. The zero-order valence-electron chi connectivity index (χ0n) is 14.5. The van der Waals surface area contributed by atoms with Crippen molar-refractivity contribution in [2.75, 3.05) is 27.3 Å². The van der Waals surface area contributed by atoms with Crippen molar-refractivity contribution >= 4 is 10.0 Å². The normalized spacial score (nSPS) is 15.5. The molecule has 26 heavy (non-hydrogen) atoms. The van der Waals surface area contributed by atoms with E-state index >= 15 is 0 Å². The molecule has 2 aromatic rings. The molecule has 0 aliphatic carbocycles. The van der Waals surface area contributed by atoms with Gasteiger partial charge in [0.1, 0.15) is 22.2 Å². The van der Waals surface area contributed by atoms with Crippen LogP contribution in [0.15, 0.2) is 47.4 Å². The van der Waals surface area contributed by atoms with E-state index in [1.165, 1.54) is 36.7 Å². The molecule has 0 aromatic heterocycles. The Morgan fingerprint density at radius 2 is 1.88 bits per heavy atom. The number of hydrogen-bond donors (Lipinski definition) is 0. The van der Waals surface area contributed by atoms with Gasteiger partial charge in [-0.15, -0.1) is 0 Å². The van der Waals surface area contributed by atoms with Crippen LogP contribution >= 0.6 is 0 Å². The molecule has 140 valence electrons. The van der Waals surface area contributed by atoms with Crippen molar-refractivity contribution in [1.29, 1.82) is 0 Å². The van der Waals surface area contributed by atoms with Crippen LogP contribution in [-0.4, -0.2) is 46.1 Å². The Labute approximate surface area is 152 Å². The van der Waals surface area contributed by atoms with Crippen LogP contribution in [0.5, 0.6) is 11.5 Å². The molecule has 1 heterocycles. The van der Waals surface area contributed by atoms with Gasteiger partial charge in [-0.25, -0.2) is 12.8 Å². The molecule has 0 radical (unpaired) electrons. The van der Waals surface area contributed by atoms with E-state index in [-0.39, 0.29) is 42.3 Å². The highest BCUT2D eigenvalue weighted by Gasteiger charge is 2.39. The van der Waals surface area contributed by atoms with E-state index < -0.39 is 10.0 Å². The summed E-state index contributed by atoms with van der Waals surface area (Å²) in [6, 6.07) is 10.8. The third-order valence-electron chi connectivity index (χ3n) is 4.18. The molecule has 0 saturated carbocycles. The predicted octanol–water partition coefficient (Wildman–Crippen LogP) is 2.43. The maximum Gasteiger partial charge on any atom is 0.247 e. The number of methoxy groups -OCH3 is 2. The lowest BCUT2D eigenvalue weighted by Gasteiger charge is -2.37. The number of hydrogen-bond acceptors (Lipinski definition) is 5. The van der Waals surface area contributed by atoms with Gasteiger partial charge in [-0.1, -0.05) is 12.1 Å². The van der Waals surface area contributed by atoms with Crippen LogP contribution in [0.3, 0.4) is 0 Å². The van der Waals surface area contributed by atoms with Gasteiger partial charge >= 0.3 is 0 Å². The van der Waals surface area contributed by atoms with Crippen molar-refractivity contribution in [2.45, 2.75) is 17.6 Å². The van der Waals surface area contributed by atoms with E-state index in [1.807, 2.05) is 0 Å². The van der Waals surface area contributed by atoms with Gasteiger partial charge < -0.3 is 14.2 Å². The Bertz CT molecular complexity index is 881. The average Bonchev–Trinajstić information content (AvgIpc) is 2.59. The molecular weight excluding hydrogens is 361 g/mol. The highest BCUT2D eigenvalue weighted by molar-refractivity contribution is 7.89. The van der Waals surface area contributed by atoms with Crippen molar-refractivity contribution in [2.24, 2.45) is 0 Å². The molecule has 1 saturated heterocycles. The minimum absolute atomic E-state index is 0.0583. The average molecular weight is 381 g/mol. The molecular formula is C18H20FNO5S. The Balaban J connectivity index is 1.64. The first-order valence-electron chi connectivity index (χ1n) is 8.02. The quantitative estimate of drug-likeness (QED) is 0.737. The van der Waals surface area contributed by atoms with Crippen molar-refractivity contribution in [3.63, 3.8) is 0 Å². The number of nitrogens with zero attached hydrogens (tertiary/aromatic N) is 1. The summed E-state index contributed by atoms with van der Waals surface area (Å²) < 4.78 is 56.0. The molecule has 1 fully saturated rings. The van der Waals surface area contributed by atoms with Crippen LogP contribution in [0, 0.1) is 5.82 Å². The molecule has 0 unspecified atom stereocenters. The van der Waals surface area contributed by atoms with Crippen LogP contribution in [-0.2, 0) is 21.4 Å². The maximum absolute atomic E-state index is 13.2. The lowest BCUT2D eigenvalue weighted by molar-refractivity contribution is -0.0296. The monoisotopic (exact) mass is 381 g/mol. The Morgan fingerprint density at radius 3 is 2.54 bits per heavy atom. The van der Waals surface area contributed by atoms with Gasteiger partial charge in [-0.2, -0.15) is 4.31 Å². The van der Waals surface area contributed by atoms with Gasteiger partial charge in [0.2, 0.25) is 10.0 Å². The summed E-state index contributed by atoms with van der Waals surface area (Å²) in [6.45, 7) is 0.703. The second-order valence-corrected chi connectivity index (χ2v) is 7.81. The molecule has 0 bridgehead atoms. The SMILES string of the molecule is COc1ccc(OC)c(S(=O)(=O)N2CC(OCc3cccc(F)c3)C2)c1. The Hall–Kier alpha value is -2.16. The molecule has 2 aromatic carbocycles. The Morgan fingerprint density at radius 1 is 1.12 bits per heavy atom. The van der Waals surface area contributed by atoms with Crippen molar-refractivity contribution in [3.05, 3.63) is 53.8 Å². The van der Waals surface area contributed by atoms with Crippen molar-refractivity contribution in [3.8, 4) is 11.5 Å². The second-order valence-electron chi connectivity index (χ2n) is 5.90. The summed E-state index contributed by atoms with van der Waals surface area (Å²) in [4.78, 5) is 0.0583. The van der Waals surface area contributed by atoms with Crippen LogP contribution in [0.1, 0.15) is 5.56 Å².